The molecule has 0 amide bonds. The van der Waals surface area contributed by atoms with Gasteiger partial charge in [-0.1, -0.05) is 18.2 Å². The zero-order valence-corrected chi connectivity index (χ0v) is 12.0. The van der Waals surface area contributed by atoms with Gasteiger partial charge in [0.05, 0.1) is 16.8 Å². The van der Waals surface area contributed by atoms with Gasteiger partial charge in [0.2, 0.25) is 5.88 Å². The van der Waals surface area contributed by atoms with Crippen LogP contribution < -0.4 is 0 Å². The lowest BCUT2D eigenvalue weighted by atomic mass is 10.1. The van der Waals surface area contributed by atoms with Crippen LogP contribution in [0.15, 0.2) is 52.7 Å². The average molecular weight is 319 g/mol. The van der Waals surface area contributed by atoms with E-state index < -0.39 is 11.7 Å². The summed E-state index contributed by atoms with van der Waals surface area (Å²) in [6.07, 6.45) is -4.47. The largest absolute Gasteiger partial charge is 0.493 e. The Hall–Kier alpha value is -2.83. The molecule has 2 N–H and O–H groups in total. The van der Waals surface area contributed by atoms with Crippen molar-refractivity contribution < 1.29 is 18.3 Å². The number of rotatable bonds is 2. The van der Waals surface area contributed by atoms with Crippen molar-refractivity contribution in [3.8, 4) is 5.88 Å². The third kappa shape index (κ3) is 2.90. The molecule has 0 aliphatic carbocycles. The van der Waals surface area contributed by atoms with Crippen molar-refractivity contribution in [2.75, 3.05) is 0 Å². The summed E-state index contributed by atoms with van der Waals surface area (Å²) in [6, 6.07) is 10.3. The molecule has 0 aliphatic heterocycles. The van der Waals surface area contributed by atoms with Crippen LogP contribution in [0.5, 0.6) is 5.88 Å². The molecule has 1 aromatic heterocycles. The Morgan fingerprint density at radius 1 is 1.04 bits per heavy atom. The highest BCUT2D eigenvalue weighted by Crippen LogP contribution is 2.39. The molecule has 0 spiro atoms. The third-order valence-electron chi connectivity index (χ3n) is 3.45. The van der Waals surface area contributed by atoms with E-state index >= 15 is 0 Å². The monoisotopic (exact) mass is 319 g/mol. The summed E-state index contributed by atoms with van der Waals surface area (Å²) < 4.78 is 38.5. The van der Waals surface area contributed by atoms with Crippen molar-refractivity contribution in [2.24, 2.45) is 10.2 Å². The zero-order valence-electron chi connectivity index (χ0n) is 12.0. The number of hydrogen-bond donors (Lipinski definition) is 2. The lowest BCUT2D eigenvalue weighted by Gasteiger charge is -2.05. The maximum absolute atomic E-state index is 12.8. The molecule has 23 heavy (non-hydrogen) atoms. The molecule has 0 unspecified atom stereocenters. The number of aromatic nitrogens is 1. The first-order valence-electron chi connectivity index (χ1n) is 6.75. The molecule has 1 heterocycles. The number of hydrogen-bond acceptors (Lipinski definition) is 3. The molecule has 0 saturated heterocycles. The predicted molar refractivity (Wildman–Crippen MR) is 80.3 cm³/mol. The topological polar surface area (TPSA) is 60.7 Å². The molecule has 3 aromatic rings. The molecular weight excluding hydrogens is 307 g/mol. The van der Waals surface area contributed by atoms with E-state index in [4.69, 9.17) is 0 Å². The molecular formula is C16H12F3N3O. The fourth-order valence-corrected chi connectivity index (χ4v) is 2.22. The van der Waals surface area contributed by atoms with Gasteiger partial charge in [0.15, 0.2) is 5.69 Å². The average Bonchev–Trinajstić information content (AvgIpc) is 2.80. The van der Waals surface area contributed by atoms with Gasteiger partial charge in [-0.2, -0.15) is 18.3 Å². The minimum absolute atomic E-state index is 0.0191. The number of halogens is 3. The Morgan fingerprint density at radius 2 is 1.78 bits per heavy atom. The second kappa shape index (κ2) is 5.42. The Balaban J connectivity index is 2.10. The Kier molecular flexibility index (Phi) is 3.55. The maximum Gasteiger partial charge on any atom is 0.416 e. The van der Waals surface area contributed by atoms with Crippen LogP contribution in [0.3, 0.4) is 0 Å². The van der Waals surface area contributed by atoms with Crippen LogP contribution in [-0.2, 0) is 6.18 Å². The van der Waals surface area contributed by atoms with E-state index in [1.54, 1.807) is 12.1 Å². The highest BCUT2D eigenvalue weighted by molar-refractivity contribution is 5.94. The van der Waals surface area contributed by atoms with E-state index in [0.29, 0.717) is 11.2 Å². The minimum atomic E-state index is -4.47. The summed E-state index contributed by atoms with van der Waals surface area (Å²) >= 11 is 0. The summed E-state index contributed by atoms with van der Waals surface area (Å²) in [7, 11) is 0. The number of aromatic amines is 1. The number of fused-ring (bicyclic) bond motifs is 1. The van der Waals surface area contributed by atoms with Gasteiger partial charge < -0.3 is 10.1 Å². The molecule has 3 rings (SSSR count). The highest BCUT2D eigenvalue weighted by atomic mass is 19.4. The zero-order chi connectivity index (χ0) is 16.6. The molecule has 0 bridgehead atoms. The summed E-state index contributed by atoms with van der Waals surface area (Å²) in [5.41, 5.74) is 0.972. The molecule has 0 aliphatic rings. The number of azo groups is 1. The van der Waals surface area contributed by atoms with Crippen molar-refractivity contribution in [3.05, 3.63) is 53.6 Å². The van der Waals surface area contributed by atoms with E-state index in [0.717, 1.165) is 17.7 Å². The summed E-state index contributed by atoms with van der Waals surface area (Å²) in [4.78, 5) is 2.59. The summed E-state index contributed by atoms with van der Waals surface area (Å²) in [6.45, 7) is 1.84. The quantitative estimate of drug-likeness (QED) is 0.592. The molecule has 0 saturated carbocycles. The Morgan fingerprint density at radius 3 is 2.48 bits per heavy atom. The van der Waals surface area contributed by atoms with E-state index in [1.807, 2.05) is 19.1 Å². The number of nitrogens with zero attached hydrogens (tertiary/aromatic N) is 2. The van der Waals surface area contributed by atoms with Gasteiger partial charge in [-0.05, 0) is 36.8 Å². The molecule has 0 radical (unpaired) electrons. The lowest BCUT2D eigenvalue weighted by molar-refractivity contribution is -0.137. The van der Waals surface area contributed by atoms with E-state index in [2.05, 4.69) is 15.2 Å². The van der Waals surface area contributed by atoms with Gasteiger partial charge in [-0.15, -0.1) is 5.11 Å². The minimum Gasteiger partial charge on any atom is -0.493 e. The normalized spacial score (nSPS) is 12.3. The third-order valence-corrected chi connectivity index (χ3v) is 3.45. The van der Waals surface area contributed by atoms with Gasteiger partial charge in [0, 0.05) is 5.39 Å². The van der Waals surface area contributed by atoms with Crippen LogP contribution in [0, 0.1) is 6.92 Å². The maximum atomic E-state index is 12.8. The molecule has 2 aromatic carbocycles. The second-order valence-corrected chi connectivity index (χ2v) is 5.07. The lowest BCUT2D eigenvalue weighted by Crippen LogP contribution is -2.03. The molecule has 4 nitrogen and oxygen atoms in total. The fraction of sp³-hybridized carbons (Fsp3) is 0.125. The van der Waals surface area contributed by atoms with Gasteiger partial charge in [0.25, 0.3) is 0 Å². The SMILES string of the molecule is Cc1ccccc1N=Nc1c(O)[nH]c2ccc(C(F)(F)F)cc12. The number of nitrogens with one attached hydrogen (secondary N) is 1. The van der Waals surface area contributed by atoms with E-state index in [1.165, 1.54) is 6.07 Å². The van der Waals surface area contributed by atoms with Crippen molar-refractivity contribution in [1.29, 1.82) is 0 Å². The van der Waals surface area contributed by atoms with Crippen molar-refractivity contribution in [2.45, 2.75) is 13.1 Å². The summed E-state index contributed by atoms with van der Waals surface area (Å²) in [5, 5.41) is 18.0. The van der Waals surface area contributed by atoms with Crippen LogP contribution in [0.25, 0.3) is 10.9 Å². The smallest absolute Gasteiger partial charge is 0.416 e. The number of aromatic hydroxyl groups is 1. The van der Waals surface area contributed by atoms with Crippen LogP contribution in [0.4, 0.5) is 24.5 Å². The summed E-state index contributed by atoms with van der Waals surface area (Å²) in [5.74, 6) is -0.323. The van der Waals surface area contributed by atoms with Crippen LogP contribution in [0.2, 0.25) is 0 Å². The number of benzene rings is 2. The highest BCUT2D eigenvalue weighted by Gasteiger charge is 2.31. The molecule has 118 valence electrons. The Bertz CT molecular complexity index is 897. The standard InChI is InChI=1S/C16H12F3N3O/c1-9-4-2-3-5-12(9)21-22-14-11-8-10(16(17,18)19)6-7-13(11)20-15(14)23/h2-8,20,23H,1H3. The Labute approximate surface area is 129 Å². The predicted octanol–water partition coefficient (Wildman–Crippen LogP) is 5.62. The van der Waals surface area contributed by atoms with Crippen LogP contribution in [0.1, 0.15) is 11.1 Å². The molecule has 0 fully saturated rings. The van der Waals surface area contributed by atoms with Gasteiger partial charge in [-0.3, -0.25) is 0 Å². The first-order valence-corrected chi connectivity index (χ1v) is 6.75. The fourth-order valence-electron chi connectivity index (χ4n) is 2.22. The number of alkyl halides is 3. The van der Waals surface area contributed by atoms with E-state index in [-0.39, 0.29) is 17.0 Å². The van der Waals surface area contributed by atoms with Crippen LogP contribution in [-0.4, -0.2) is 10.1 Å². The van der Waals surface area contributed by atoms with Gasteiger partial charge >= 0.3 is 6.18 Å². The second-order valence-electron chi connectivity index (χ2n) is 5.07. The van der Waals surface area contributed by atoms with Gasteiger partial charge in [0.1, 0.15) is 0 Å². The van der Waals surface area contributed by atoms with Gasteiger partial charge in [-0.25, -0.2) is 0 Å². The first kappa shape index (κ1) is 15.1. The van der Waals surface area contributed by atoms with E-state index in [9.17, 15) is 18.3 Å². The molecule has 0 atom stereocenters. The number of aryl methyl sites for hydroxylation is 1. The van der Waals surface area contributed by atoms with Crippen molar-refractivity contribution in [3.63, 3.8) is 0 Å². The first-order chi connectivity index (χ1) is 10.9. The van der Waals surface area contributed by atoms with Crippen LogP contribution >= 0.6 is 0 Å². The van der Waals surface area contributed by atoms with Crippen molar-refractivity contribution in [1.82, 2.24) is 4.98 Å². The number of H-pyrrole nitrogens is 1. The molecule has 7 heteroatoms. The van der Waals surface area contributed by atoms with Crippen molar-refractivity contribution >= 4 is 22.3 Å².